The van der Waals surface area contributed by atoms with Crippen molar-refractivity contribution >= 4 is 12.1 Å². The highest BCUT2D eigenvalue weighted by Gasteiger charge is 2.35. The Labute approximate surface area is 138 Å². The van der Waals surface area contributed by atoms with Crippen molar-refractivity contribution in [1.29, 1.82) is 0 Å². The van der Waals surface area contributed by atoms with Gasteiger partial charge in [0, 0.05) is 19.1 Å². The number of methoxy groups -OCH3 is 1. The summed E-state index contributed by atoms with van der Waals surface area (Å²) in [6, 6.07) is 0.341. The number of carbonyl (C=O) groups is 2. The van der Waals surface area contributed by atoms with Crippen molar-refractivity contribution in [3.63, 3.8) is 0 Å². The zero-order valence-corrected chi connectivity index (χ0v) is 14.8. The number of piperidine rings is 2. The molecular formula is C17H30N2O4. The summed E-state index contributed by atoms with van der Waals surface area (Å²) in [5, 5.41) is 3.54. The van der Waals surface area contributed by atoms with Gasteiger partial charge in [-0.15, -0.1) is 0 Å². The van der Waals surface area contributed by atoms with Gasteiger partial charge in [0.25, 0.3) is 0 Å². The maximum atomic E-state index is 12.1. The van der Waals surface area contributed by atoms with E-state index in [-0.39, 0.29) is 18.0 Å². The number of nitrogens with zero attached hydrogens (tertiary/aromatic N) is 1. The molecule has 132 valence electrons. The lowest BCUT2D eigenvalue weighted by atomic mass is 9.81. The van der Waals surface area contributed by atoms with Crippen LogP contribution in [0.15, 0.2) is 0 Å². The number of hydrogen-bond acceptors (Lipinski definition) is 5. The summed E-state index contributed by atoms with van der Waals surface area (Å²) in [7, 11) is 1.46. The summed E-state index contributed by atoms with van der Waals surface area (Å²) in [6.45, 7) is 7.96. The molecule has 6 heteroatoms. The number of ether oxygens (including phenoxy) is 2. The molecule has 23 heavy (non-hydrogen) atoms. The van der Waals surface area contributed by atoms with Crippen LogP contribution in [0.4, 0.5) is 4.79 Å². The second-order valence-electron chi connectivity index (χ2n) is 7.61. The van der Waals surface area contributed by atoms with Gasteiger partial charge in [-0.1, -0.05) is 0 Å². The van der Waals surface area contributed by atoms with Gasteiger partial charge in [0.1, 0.15) is 5.60 Å². The molecule has 2 aliphatic rings. The minimum absolute atomic E-state index is 0.00938. The molecule has 0 radical (unpaired) electrons. The number of nitrogens with one attached hydrogen (secondary N) is 1. The third-order valence-corrected chi connectivity index (χ3v) is 4.73. The molecular weight excluding hydrogens is 296 g/mol. The molecule has 0 aromatic carbocycles. The molecule has 2 unspecified atom stereocenters. The molecule has 2 heterocycles. The smallest absolute Gasteiger partial charge is 0.410 e. The predicted octanol–water partition coefficient (Wildman–Crippen LogP) is 2.17. The lowest BCUT2D eigenvalue weighted by molar-refractivity contribution is -0.146. The Balaban J connectivity index is 1.82. The first-order valence-electron chi connectivity index (χ1n) is 8.59. The largest absolute Gasteiger partial charge is 0.469 e. The Morgan fingerprint density at radius 1 is 1.13 bits per heavy atom. The Bertz CT molecular complexity index is 425. The first-order chi connectivity index (χ1) is 10.8. The van der Waals surface area contributed by atoms with Crippen molar-refractivity contribution in [1.82, 2.24) is 10.2 Å². The molecule has 0 aliphatic carbocycles. The van der Waals surface area contributed by atoms with Crippen LogP contribution in [0.5, 0.6) is 0 Å². The summed E-state index contributed by atoms with van der Waals surface area (Å²) in [4.78, 5) is 25.6. The van der Waals surface area contributed by atoms with Gasteiger partial charge in [-0.05, 0) is 58.9 Å². The van der Waals surface area contributed by atoms with E-state index in [0.717, 1.165) is 45.3 Å². The maximum absolute atomic E-state index is 12.1. The van der Waals surface area contributed by atoms with E-state index < -0.39 is 5.60 Å². The molecule has 1 amide bonds. The summed E-state index contributed by atoms with van der Waals surface area (Å²) in [5.41, 5.74) is -0.452. The Morgan fingerprint density at radius 2 is 1.78 bits per heavy atom. The molecule has 2 rings (SSSR count). The zero-order valence-electron chi connectivity index (χ0n) is 14.8. The lowest BCUT2D eigenvalue weighted by Gasteiger charge is -2.39. The molecule has 1 N–H and O–H groups in total. The fraction of sp³-hybridized carbons (Fsp3) is 0.882. The average Bonchev–Trinajstić information content (AvgIpc) is 2.53. The monoisotopic (exact) mass is 326 g/mol. The highest BCUT2D eigenvalue weighted by molar-refractivity contribution is 5.72. The standard InChI is InChI=1S/C17H30N2O4/c1-17(2,3)23-16(21)19-9-6-12(7-10-19)14-11-13(5-8-18-14)15(20)22-4/h12-14,18H,5-11H2,1-4H3. The SMILES string of the molecule is COC(=O)C1CCNC(C2CCN(C(=O)OC(C)(C)C)CC2)C1. The zero-order chi connectivity index (χ0) is 17.0. The molecule has 2 saturated heterocycles. The van der Waals surface area contributed by atoms with E-state index >= 15 is 0 Å². The third-order valence-electron chi connectivity index (χ3n) is 4.73. The fourth-order valence-electron chi connectivity index (χ4n) is 3.50. The molecule has 2 atom stereocenters. The van der Waals surface area contributed by atoms with E-state index in [4.69, 9.17) is 9.47 Å². The van der Waals surface area contributed by atoms with Crippen LogP contribution in [-0.4, -0.2) is 55.3 Å². The van der Waals surface area contributed by atoms with Crippen molar-refractivity contribution in [2.45, 2.75) is 58.1 Å². The van der Waals surface area contributed by atoms with Crippen LogP contribution in [-0.2, 0) is 14.3 Å². The van der Waals surface area contributed by atoms with Gasteiger partial charge >= 0.3 is 12.1 Å². The molecule has 0 bridgehead atoms. The Morgan fingerprint density at radius 3 is 2.35 bits per heavy atom. The van der Waals surface area contributed by atoms with Crippen molar-refractivity contribution in [2.75, 3.05) is 26.7 Å². The summed E-state index contributed by atoms with van der Waals surface area (Å²) in [6.07, 6.45) is 3.36. The summed E-state index contributed by atoms with van der Waals surface area (Å²) in [5.74, 6) is 0.416. The molecule has 0 aromatic rings. The Hall–Kier alpha value is -1.30. The highest BCUT2D eigenvalue weighted by Crippen LogP contribution is 2.29. The van der Waals surface area contributed by atoms with Crippen LogP contribution in [0.3, 0.4) is 0 Å². The van der Waals surface area contributed by atoms with E-state index in [1.54, 1.807) is 4.90 Å². The number of hydrogen-bond donors (Lipinski definition) is 1. The number of esters is 1. The van der Waals surface area contributed by atoms with Crippen LogP contribution in [0, 0.1) is 11.8 Å². The van der Waals surface area contributed by atoms with Gasteiger partial charge in [-0.25, -0.2) is 4.79 Å². The fourth-order valence-corrected chi connectivity index (χ4v) is 3.50. The molecule has 2 aliphatic heterocycles. The van der Waals surface area contributed by atoms with E-state index in [9.17, 15) is 9.59 Å². The normalized spacial score (nSPS) is 26.7. The number of likely N-dealkylation sites (tertiary alicyclic amines) is 1. The minimum Gasteiger partial charge on any atom is -0.469 e. The molecule has 2 fully saturated rings. The number of amides is 1. The Kier molecular flexibility index (Phi) is 5.89. The van der Waals surface area contributed by atoms with E-state index in [1.165, 1.54) is 7.11 Å². The van der Waals surface area contributed by atoms with Crippen molar-refractivity contribution < 1.29 is 19.1 Å². The maximum Gasteiger partial charge on any atom is 0.410 e. The van der Waals surface area contributed by atoms with Crippen molar-refractivity contribution in [3.8, 4) is 0 Å². The molecule has 0 spiro atoms. The number of rotatable bonds is 2. The highest BCUT2D eigenvalue weighted by atomic mass is 16.6. The van der Waals surface area contributed by atoms with Crippen LogP contribution in [0.2, 0.25) is 0 Å². The van der Waals surface area contributed by atoms with E-state index in [0.29, 0.717) is 12.0 Å². The second kappa shape index (κ2) is 7.51. The number of carbonyl (C=O) groups excluding carboxylic acids is 2. The summed E-state index contributed by atoms with van der Waals surface area (Å²) >= 11 is 0. The minimum atomic E-state index is -0.452. The topological polar surface area (TPSA) is 67.9 Å². The first kappa shape index (κ1) is 18.0. The van der Waals surface area contributed by atoms with Gasteiger partial charge in [0.05, 0.1) is 13.0 Å². The van der Waals surface area contributed by atoms with E-state index in [1.807, 2.05) is 20.8 Å². The molecule has 0 saturated carbocycles. The van der Waals surface area contributed by atoms with Gasteiger partial charge in [-0.2, -0.15) is 0 Å². The summed E-state index contributed by atoms with van der Waals surface area (Å²) < 4.78 is 10.3. The molecule has 0 aromatic heterocycles. The van der Waals surface area contributed by atoms with Gasteiger partial charge in [-0.3, -0.25) is 4.79 Å². The van der Waals surface area contributed by atoms with Gasteiger partial charge in [0.15, 0.2) is 0 Å². The first-order valence-corrected chi connectivity index (χ1v) is 8.59. The van der Waals surface area contributed by atoms with Crippen molar-refractivity contribution in [2.24, 2.45) is 11.8 Å². The van der Waals surface area contributed by atoms with E-state index in [2.05, 4.69) is 5.32 Å². The van der Waals surface area contributed by atoms with Crippen LogP contribution in [0.1, 0.15) is 46.5 Å². The van der Waals surface area contributed by atoms with Crippen molar-refractivity contribution in [3.05, 3.63) is 0 Å². The second-order valence-corrected chi connectivity index (χ2v) is 7.61. The average molecular weight is 326 g/mol. The van der Waals surface area contributed by atoms with Crippen LogP contribution in [0.25, 0.3) is 0 Å². The quantitative estimate of drug-likeness (QED) is 0.788. The van der Waals surface area contributed by atoms with Gasteiger partial charge < -0.3 is 19.7 Å². The van der Waals surface area contributed by atoms with Crippen LogP contribution >= 0.6 is 0 Å². The molecule has 6 nitrogen and oxygen atoms in total. The predicted molar refractivity (Wildman–Crippen MR) is 87.1 cm³/mol. The lowest BCUT2D eigenvalue weighted by Crippen LogP contribution is -2.49. The third kappa shape index (κ3) is 5.09. The van der Waals surface area contributed by atoms with Crippen LogP contribution < -0.4 is 5.32 Å². The van der Waals surface area contributed by atoms with Gasteiger partial charge in [0.2, 0.25) is 0 Å².